The summed E-state index contributed by atoms with van der Waals surface area (Å²) in [5.74, 6) is -0.448. The maximum Gasteiger partial charge on any atom is 0.189 e. The molecule has 14 heteroatoms. The van der Waals surface area contributed by atoms with Crippen LogP contribution in [-0.2, 0) is 22.6 Å². The van der Waals surface area contributed by atoms with E-state index in [9.17, 15) is 17.9 Å². The molecule has 0 spiro atoms. The largest absolute Gasteiger partial charge is 0.494 e. The van der Waals surface area contributed by atoms with Crippen molar-refractivity contribution >= 4 is 9.84 Å². The highest BCUT2D eigenvalue weighted by Crippen LogP contribution is 2.36. The Bertz CT molecular complexity index is 1450. The number of aromatic nitrogens is 7. The van der Waals surface area contributed by atoms with E-state index in [2.05, 4.69) is 25.3 Å². The van der Waals surface area contributed by atoms with E-state index < -0.39 is 32.8 Å². The first-order valence-corrected chi connectivity index (χ1v) is 12.4. The molecule has 0 saturated heterocycles. The van der Waals surface area contributed by atoms with Crippen LogP contribution in [0.3, 0.4) is 0 Å². The Morgan fingerprint density at radius 1 is 1.08 bits per heavy atom. The molecule has 0 bridgehead atoms. The fourth-order valence-electron chi connectivity index (χ4n) is 3.59. The monoisotopic (exact) mass is 517 g/mol. The van der Waals surface area contributed by atoms with Gasteiger partial charge >= 0.3 is 0 Å². The highest BCUT2D eigenvalue weighted by molar-refractivity contribution is 7.91. The number of para-hydroxylation sites is 1. The minimum atomic E-state index is -4.06. The van der Waals surface area contributed by atoms with Crippen molar-refractivity contribution in [3.05, 3.63) is 60.3 Å². The zero-order valence-electron chi connectivity index (χ0n) is 19.9. The molecule has 2 atom stereocenters. The molecular formula is C22H24FN7O5S. The second kappa shape index (κ2) is 9.99. The van der Waals surface area contributed by atoms with E-state index in [1.807, 2.05) is 0 Å². The van der Waals surface area contributed by atoms with Crippen LogP contribution in [0.1, 0.15) is 24.7 Å². The molecule has 190 valence electrons. The average molecular weight is 518 g/mol. The summed E-state index contributed by atoms with van der Waals surface area (Å²) < 4.78 is 54.1. The summed E-state index contributed by atoms with van der Waals surface area (Å²) in [4.78, 5) is 7.40. The number of rotatable bonds is 9. The molecule has 1 N–H and O–H groups in total. The quantitative estimate of drug-likeness (QED) is 0.347. The minimum absolute atomic E-state index is 0.0394. The number of methoxy groups -OCH3 is 2. The Balaban J connectivity index is 1.81. The molecule has 4 rings (SSSR count). The Morgan fingerprint density at radius 3 is 2.28 bits per heavy atom. The number of aliphatic hydroxyl groups excluding tert-OH is 1. The van der Waals surface area contributed by atoms with Gasteiger partial charge in [0, 0.05) is 13.2 Å². The van der Waals surface area contributed by atoms with Gasteiger partial charge in [-0.25, -0.2) is 22.8 Å². The molecule has 0 aliphatic heterocycles. The lowest BCUT2D eigenvalue weighted by Gasteiger charge is -2.19. The van der Waals surface area contributed by atoms with Crippen molar-refractivity contribution in [3.8, 4) is 28.7 Å². The Labute approximate surface area is 206 Å². The summed E-state index contributed by atoms with van der Waals surface area (Å²) in [5, 5.41) is 22.0. The van der Waals surface area contributed by atoms with Gasteiger partial charge in [0.25, 0.3) is 0 Å². The molecule has 0 unspecified atom stereocenters. The van der Waals surface area contributed by atoms with Crippen LogP contribution in [0.5, 0.6) is 11.5 Å². The first-order chi connectivity index (χ1) is 17.2. The third kappa shape index (κ3) is 4.77. The van der Waals surface area contributed by atoms with Gasteiger partial charge in [0.05, 0.1) is 31.9 Å². The molecular weight excluding hydrogens is 493 g/mol. The molecule has 4 aromatic rings. The lowest BCUT2D eigenvalue weighted by Crippen LogP contribution is -2.29. The lowest BCUT2D eigenvalue weighted by molar-refractivity contribution is 0.165. The van der Waals surface area contributed by atoms with E-state index in [0.29, 0.717) is 22.9 Å². The van der Waals surface area contributed by atoms with E-state index in [1.165, 1.54) is 25.7 Å². The summed E-state index contributed by atoms with van der Waals surface area (Å²) >= 11 is 0. The lowest BCUT2D eigenvalue weighted by atomic mass is 10.2. The van der Waals surface area contributed by atoms with E-state index in [-0.39, 0.29) is 17.5 Å². The van der Waals surface area contributed by atoms with Gasteiger partial charge in [-0.3, -0.25) is 9.25 Å². The number of sulfone groups is 1. The Morgan fingerprint density at radius 2 is 1.72 bits per heavy atom. The third-order valence-corrected chi connectivity index (χ3v) is 7.60. The van der Waals surface area contributed by atoms with Crippen molar-refractivity contribution < 1.29 is 27.4 Å². The number of halogens is 1. The first kappa shape index (κ1) is 25.2. The minimum Gasteiger partial charge on any atom is -0.494 e. The average Bonchev–Trinajstić information content (AvgIpc) is 3.48. The van der Waals surface area contributed by atoms with Crippen molar-refractivity contribution in [2.24, 2.45) is 7.05 Å². The number of aliphatic hydroxyl groups is 1. The van der Waals surface area contributed by atoms with Crippen molar-refractivity contribution in [3.63, 3.8) is 0 Å². The van der Waals surface area contributed by atoms with Gasteiger partial charge in [0.2, 0.25) is 0 Å². The van der Waals surface area contributed by atoms with Crippen molar-refractivity contribution in [2.45, 2.75) is 24.0 Å². The van der Waals surface area contributed by atoms with Gasteiger partial charge in [-0.05, 0) is 25.1 Å². The van der Waals surface area contributed by atoms with Crippen molar-refractivity contribution in [1.29, 1.82) is 0 Å². The summed E-state index contributed by atoms with van der Waals surface area (Å²) in [6.45, 7) is 1.32. The zero-order chi connectivity index (χ0) is 26.0. The molecule has 0 amide bonds. The highest BCUT2D eigenvalue weighted by atomic mass is 32.2. The number of aryl methyl sites for hydroxylation is 1. The van der Waals surface area contributed by atoms with Crippen LogP contribution >= 0.6 is 0 Å². The molecule has 0 saturated carbocycles. The smallest absolute Gasteiger partial charge is 0.189 e. The van der Waals surface area contributed by atoms with E-state index >= 15 is 0 Å². The predicted octanol–water partition coefficient (Wildman–Crippen LogP) is 1.65. The normalized spacial score (nSPS) is 13.4. The highest BCUT2D eigenvalue weighted by Gasteiger charge is 2.34. The number of hydrogen-bond donors (Lipinski definition) is 1. The van der Waals surface area contributed by atoms with E-state index in [4.69, 9.17) is 9.47 Å². The van der Waals surface area contributed by atoms with Gasteiger partial charge in [-0.15, -0.1) is 10.2 Å². The van der Waals surface area contributed by atoms with Crippen LogP contribution in [-0.4, -0.2) is 67.5 Å². The van der Waals surface area contributed by atoms with Crippen molar-refractivity contribution in [2.75, 3.05) is 14.2 Å². The summed E-state index contributed by atoms with van der Waals surface area (Å²) in [5.41, 5.74) is 0.822. The second-order valence-corrected chi connectivity index (χ2v) is 10.2. The SMILES string of the molecule is COc1cccc(OC)c1-n1c(CS(=O)(=O)[C@H](C)[C@@H](O)c2ncc(F)cn2)nnc1-c1ccn(C)n1. The molecule has 0 fully saturated rings. The molecule has 12 nitrogen and oxygen atoms in total. The number of nitrogens with zero attached hydrogens (tertiary/aromatic N) is 7. The summed E-state index contributed by atoms with van der Waals surface area (Å²) in [7, 11) is 0.623. The van der Waals surface area contributed by atoms with Gasteiger partial charge in [-0.1, -0.05) is 6.07 Å². The van der Waals surface area contributed by atoms with E-state index in [0.717, 1.165) is 12.4 Å². The third-order valence-electron chi connectivity index (χ3n) is 5.54. The van der Waals surface area contributed by atoms with Crippen molar-refractivity contribution in [1.82, 2.24) is 34.5 Å². The van der Waals surface area contributed by atoms with Crippen LogP contribution < -0.4 is 9.47 Å². The van der Waals surface area contributed by atoms with Crippen LogP contribution in [0.2, 0.25) is 0 Å². The predicted molar refractivity (Wildman–Crippen MR) is 126 cm³/mol. The summed E-state index contributed by atoms with van der Waals surface area (Å²) in [6, 6.07) is 6.82. The van der Waals surface area contributed by atoms with Gasteiger partial charge < -0.3 is 14.6 Å². The molecule has 36 heavy (non-hydrogen) atoms. The molecule has 3 heterocycles. The standard InChI is InChI=1S/C22H24FN7O5S/c1-13(20(31)21-24-10-14(23)11-25-21)36(32,33)12-18-26-27-22(15-8-9-29(2)28-15)30(18)19-16(34-3)6-5-7-17(19)35-4/h5-11,13,20,31H,12H2,1-4H3/t13-,20-/m1/s1. The number of benzene rings is 1. The molecule has 0 aliphatic rings. The van der Waals surface area contributed by atoms with E-state index in [1.54, 1.807) is 42.2 Å². The fourth-order valence-corrected chi connectivity index (χ4v) is 4.91. The van der Waals surface area contributed by atoms with Crippen LogP contribution in [0, 0.1) is 5.82 Å². The van der Waals surface area contributed by atoms with Gasteiger partial charge in [-0.2, -0.15) is 5.10 Å². The Hall–Kier alpha value is -3.91. The van der Waals surface area contributed by atoms with Crippen LogP contribution in [0.25, 0.3) is 17.2 Å². The topological polar surface area (TPSA) is 147 Å². The molecule has 1 aromatic carbocycles. The summed E-state index contributed by atoms with van der Waals surface area (Å²) in [6.07, 6.45) is 1.83. The Kier molecular flexibility index (Phi) is 6.99. The number of ether oxygens (including phenoxy) is 2. The molecule has 0 radical (unpaired) electrons. The van der Waals surface area contributed by atoms with Gasteiger partial charge in [0.1, 0.15) is 34.7 Å². The zero-order valence-corrected chi connectivity index (χ0v) is 20.7. The van der Waals surface area contributed by atoms with Crippen LogP contribution in [0.4, 0.5) is 4.39 Å². The van der Waals surface area contributed by atoms with Crippen LogP contribution in [0.15, 0.2) is 42.9 Å². The first-order valence-electron chi connectivity index (χ1n) is 10.7. The number of hydrogen-bond acceptors (Lipinski definition) is 10. The maximum absolute atomic E-state index is 13.4. The second-order valence-electron chi connectivity index (χ2n) is 7.88. The van der Waals surface area contributed by atoms with Gasteiger partial charge in [0.15, 0.2) is 33.1 Å². The molecule has 3 aromatic heterocycles. The molecule has 0 aliphatic carbocycles. The fraction of sp³-hybridized carbons (Fsp3) is 0.318. The maximum atomic E-state index is 13.4.